The highest BCUT2D eigenvalue weighted by molar-refractivity contribution is 5.55. The first kappa shape index (κ1) is 13.9. The van der Waals surface area contributed by atoms with Gasteiger partial charge in [0.05, 0.1) is 17.8 Å². The Balaban J connectivity index is 1.77. The summed E-state index contributed by atoms with van der Waals surface area (Å²) in [6, 6.07) is 10.7. The van der Waals surface area contributed by atoms with Gasteiger partial charge < -0.3 is 10.1 Å². The van der Waals surface area contributed by atoms with Crippen LogP contribution >= 0.6 is 0 Å². The third kappa shape index (κ3) is 3.02. The van der Waals surface area contributed by atoms with Gasteiger partial charge in [-0.3, -0.25) is 4.98 Å². The second-order valence-electron chi connectivity index (χ2n) is 5.93. The molecule has 0 aliphatic heterocycles. The number of hydrogen-bond donors (Lipinski definition) is 1. The Morgan fingerprint density at radius 2 is 2.14 bits per heavy atom. The average molecular weight is 282 g/mol. The molecule has 1 aromatic carbocycles. The SMILES string of the molecule is Cc1cc(OC(C)C)ccc1NC1CCc2cccnc21. The van der Waals surface area contributed by atoms with Gasteiger partial charge >= 0.3 is 0 Å². The molecule has 0 bridgehead atoms. The van der Waals surface area contributed by atoms with Crippen LogP contribution < -0.4 is 10.1 Å². The minimum Gasteiger partial charge on any atom is -0.491 e. The Labute approximate surface area is 126 Å². The number of aryl methyl sites for hydroxylation is 2. The fourth-order valence-electron chi connectivity index (χ4n) is 2.88. The van der Waals surface area contributed by atoms with Crippen molar-refractivity contribution in [1.82, 2.24) is 4.98 Å². The number of anilines is 1. The molecule has 3 nitrogen and oxygen atoms in total. The predicted molar refractivity (Wildman–Crippen MR) is 85.9 cm³/mol. The zero-order chi connectivity index (χ0) is 14.8. The Morgan fingerprint density at radius 1 is 1.29 bits per heavy atom. The van der Waals surface area contributed by atoms with Crippen LogP contribution in [-0.2, 0) is 6.42 Å². The largest absolute Gasteiger partial charge is 0.491 e. The summed E-state index contributed by atoms with van der Waals surface area (Å²) in [5.74, 6) is 0.929. The topological polar surface area (TPSA) is 34.1 Å². The lowest BCUT2D eigenvalue weighted by molar-refractivity contribution is 0.242. The third-order valence-electron chi connectivity index (χ3n) is 3.86. The first-order valence-corrected chi connectivity index (χ1v) is 7.61. The summed E-state index contributed by atoms with van der Waals surface area (Å²) in [5, 5.41) is 3.63. The molecule has 3 rings (SSSR count). The summed E-state index contributed by atoms with van der Waals surface area (Å²) in [7, 11) is 0. The first-order chi connectivity index (χ1) is 10.1. The third-order valence-corrected chi connectivity index (χ3v) is 3.86. The van der Waals surface area contributed by atoms with Gasteiger partial charge in [-0.05, 0) is 69.0 Å². The lowest BCUT2D eigenvalue weighted by Crippen LogP contribution is -2.10. The molecule has 1 N–H and O–H groups in total. The fourth-order valence-corrected chi connectivity index (χ4v) is 2.88. The van der Waals surface area contributed by atoms with Crippen LogP contribution in [0.25, 0.3) is 0 Å². The number of pyridine rings is 1. The number of rotatable bonds is 4. The number of ether oxygens (including phenoxy) is 1. The summed E-state index contributed by atoms with van der Waals surface area (Å²) in [4.78, 5) is 4.54. The fraction of sp³-hybridized carbons (Fsp3) is 0.389. The van der Waals surface area contributed by atoms with E-state index in [0.29, 0.717) is 6.04 Å². The maximum Gasteiger partial charge on any atom is 0.120 e. The molecule has 21 heavy (non-hydrogen) atoms. The smallest absolute Gasteiger partial charge is 0.120 e. The standard InChI is InChI=1S/C18H22N2O/c1-12(2)21-15-7-9-16(13(3)11-15)20-17-8-6-14-5-4-10-19-18(14)17/h4-5,7,9-12,17,20H,6,8H2,1-3H3. The van der Waals surface area contributed by atoms with E-state index in [0.717, 1.165) is 24.3 Å². The molecule has 0 saturated carbocycles. The number of fused-ring (bicyclic) bond motifs is 1. The number of nitrogens with one attached hydrogen (secondary N) is 1. The number of hydrogen-bond acceptors (Lipinski definition) is 3. The minimum absolute atomic E-state index is 0.203. The second kappa shape index (κ2) is 5.76. The molecule has 0 fully saturated rings. The first-order valence-electron chi connectivity index (χ1n) is 7.61. The zero-order valence-electron chi connectivity index (χ0n) is 12.9. The van der Waals surface area contributed by atoms with Crippen LogP contribution in [0.5, 0.6) is 5.75 Å². The van der Waals surface area contributed by atoms with E-state index in [-0.39, 0.29) is 6.10 Å². The molecule has 110 valence electrons. The zero-order valence-corrected chi connectivity index (χ0v) is 12.9. The molecule has 1 aliphatic rings. The van der Waals surface area contributed by atoms with Gasteiger partial charge in [0.15, 0.2) is 0 Å². The molecule has 3 heteroatoms. The molecule has 0 amide bonds. The lowest BCUT2D eigenvalue weighted by Gasteiger charge is -2.18. The van der Waals surface area contributed by atoms with Crippen molar-refractivity contribution < 1.29 is 4.74 Å². The van der Waals surface area contributed by atoms with Crippen molar-refractivity contribution in [2.45, 2.75) is 45.8 Å². The van der Waals surface area contributed by atoms with Crippen molar-refractivity contribution >= 4 is 5.69 Å². The molecule has 1 atom stereocenters. The van der Waals surface area contributed by atoms with Gasteiger partial charge in [-0.2, -0.15) is 0 Å². The highest BCUT2D eigenvalue weighted by atomic mass is 16.5. The van der Waals surface area contributed by atoms with Crippen molar-refractivity contribution in [3.63, 3.8) is 0 Å². The highest BCUT2D eigenvalue weighted by Gasteiger charge is 2.23. The van der Waals surface area contributed by atoms with Gasteiger partial charge in [-0.1, -0.05) is 6.07 Å². The molecular formula is C18H22N2O. The molecular weight excluding hydrogens is 260 g/mol. The molecule has 0 saturated heterocycles. The molecule has 1 aliphatic carbocycles. The van der Waals surface area contributed by atoms with Crippen molar-refractivity contribution in [3.8, 4) is 5.75 Å². The van der Waals surface area contributed by atoms with Gasteiger partial charge in [0.2, 0.25) is 0 Å². The van der Waals surface area contributed by atoms with Gasteiger partial charge in [0.1, 0.15) is 5.75 Å². The Kier molecular flexibility index (Phi) is 3.82. The van der Waals surface area contributed by atoms with Gasteiger partial charge in [0, 0.05) is 11.9 Å². The molecule has 0 radical (unpaired) electrons. The molecule has 1 heterocycles. The molecule has 1 unspecified atom stereocenters. The van der Waals surface area contributed by atoms with Crippen LogP contribution in [0, 0.1) is 6.92 Å². The highest BCUT2D eigenvalue weighted by Crippen LogP contribution is 2.33. The predicted octanol–water partition coefficient (Wildman–Crippen LogP) is 4.28. The summed E-state index contributed by atoms with van der Waals surface area (Å²) in [6.45, 7) is 6.20. The van der Waals surface area contributed by atoms with E-state index in [1.807, 2.05) is 32.2 Å². The van der Waals surface area contributed by atoms with E-state index in [2.05, 4.69) is 35.4 Å². The number of benzene rings is 1. The van der Waals surface area contributed by atoms with E-state index in [1.54, 1.807) is 0 Å². The normalized spacial score (nSPS) is 16.9. The van der Waals surface area contributed by atoms with Crippen LogP contribution in [-0.4, -0.2) is 11.1 Å². The summed E-state index contributed by atoms with van der Waals surface area (Å²) < 4.78 is 5.74. The molecule has 0 spiro atoms. The number of aromatic nitrogens is 1. The van der Waals surface area contributed by atoms with Crippen LogP contribution in [0.4, 0.5) is 5.69 Å². The lowest BCUT2D eigenvalue weighted by atomic mass is 10.1. The maximum atomic E-state index is 5.74. The van der Waals surface area contributed by atoms with Crippen molar-refractivity contribution in [1.29, 1.82) is 0 Å². The van der Waals surface area contributed by atoms with E-state index >= 15 is 0 Å². The quantitative estimate of drug-likeness (QED) is 0.909. The van der Waals surface area contributed by atoms with Crippen LogP contribution in [0.2, 0.25) is 0 Å². The molecule has 2 aromatic rings. The summed E-state index contributed by atoms with van der Waals surface area (Å²) in [5.41, 5.74) is 4.93. The maximum absolute atomic E-state index is 5.74. The van der Waals surface area contributed by atoms with E-state index in [1.165, 1.54) is 16.8 Å². The van der Waals surface area contributed by atoms with E-state index in [4.69, 9.17) is 4.74 Å². The van der Waals surface area contributed by atoms with Crippen LogP contribution in [0.1, 0.15) is 43.1 Å². The Hall–Kier alpha value is -2.03. The summed E-state index contributed by atoms with van der Waals surface area (Å²) >= 11 is 0. The monoisotopic (exact) mass is 282 g/mol. The Morgan fingerprint density at radius 3 is 2.90 bits per heavy atom. The van der Waals surface area contributed by atoms with Gasteiger partial charge in [0.25, 0.3) is 0 Å². The Bertz CT molecular complexity index is 637. The van der Waals surface area contributed by atoms with Crippen LogP contribution in [0.3, 0.4) is 0 Å². The van der Waals surface area contributed by atoms with Gasteiger partial charge in [-0.15, -0.1) is 0 Å². The van der Waals surface area contributed by atoms with E-state index in [9.17, 15) is 0 Å². The second-order valence-corrected chi connectivity index (χ2v) is 5.93. The molecule has 1 aromatic heterocycles. The van der Waals surface area contributed by atoms with Gasteiger partial charge in [-0.25, -0.2) is 0 Å². The van der Waals surface area contributed by atoms with Crippen molar-refractivity contribution in [2.24, 2.45) is 0 Å². The van der Waals surface area contributed by atoms with Crippen molar-refractivity contribution in [2.75, 3.05) is 5.32 Å². The summed E-state index contributed by atoms with van der Waals surface area (Å²) in [6.07, 6.45) is 4.30. The van der Waals surface area contributed by atoms with Crippen LogP contribution in [0.15, 0.2) is 36.5 Å². The minimum atomic E-state index is 0.203. The van der Waals surface area contributed by atoms with Crippen molar-refractivity contribution in [3.05, 3.63) is 53.3 Å². The average Bonchev–Trinajstić information content (AvgIpc) is 2.85. The van der Waals surface area contributed by atoms with E-state index < -0.39 is 0 Å². The number of nitrogens with zero attached hydrogens (tertiary/aromatic N) is 1.